The van der Waals surface area contributed by atoms with Gasteiger partial charge in [0.2, 0.25) is 0 Å². The minimum atomic E-state index is -0.738. The van der Waals surface area contributed by atoms with Crippen LogP contribution >= 0.6 is 0 Å². The number of nitrogens with zero attached hydrogens (tertiary/aromatic N) is 1. The number of rotatable bonds is 2. The van der Waals surface area contributed by atoms with Crippen LogP contribution in [0.5, 0.6) is 0 Å². The highest BCUT2D eigenvalue weighted by Gasteiger charge is 2.28. The number of hydrogen-bond donors (Lipinski definition) is 1. The maximum atomic E-state index is 10.7. The number of hydroxylamine groups is 2. The Bertz CT molecular complexity index is 340. The van der Waals surface area contributed by atoms with E-state index in [1.165, 1.54) is 0 Å². The molecular weight excluding hydrogens is 192 g/mol. The summed E-state index contributed by atoms with van der Waals surface area (Å²) in [5.41, 5.74) is 6.17. The number of hydrogen-bond acceptors (Lipinski definition) is 3. The van der Waals surface area contributed by atoms with Crippen LogP contribution in [0.1, 0.15) is 24.4 Å². The predicted molar refractivity (Wildman–Crippen MR) is 55.8 cm³/mol. The zero-order chi connectivity index (χ0) is 10.7. The minimum absolute atomic E-state index is 0.152. The first-order valence-corrected chi connectivity index (χ1v) is 5.06. The average Bonchev–Trinajstić information content (AvgIpc) is 2.66. The summed E-state index contributed by atoms with van der Waals surface area (Å²) in [6, 6.07) is 10.2. The van der Waals surface area contributed by atoms with Crippen molar-refractivity contribution < 1.29 is 9.63 Å². The number of benzene rings is 1. The smallest absolute Gasteiger partial charge is 0.351 e. The molecule has 0 saturated carbocycles. The Morgan fingerprint density at radius 3 is 2.80 bits per heavy atom. The lowest BCUT2D eigenvalue weighted by Crippen LogP contribution is -2.29. The maximum Gasteiger partial charge on any atom is 0.423 e. The molecule has 4 nitrogen and oxygen atoms in total. The van der Waals surface area contributed by atoms with Gasteiger partial charge in [0.15, 0.2) is 0 Å². The molecule has 0 bridgehead atoms. The van der Waals surface area contributed by atoms with Gasteiger partial charge in [0.25, 0.3) is 0 Å². The summed E-state index contributed by atoms with van der Waals surface area (Å²) in [4.78, 5) is 15.6. The Balaban J connectivity index is 2.11. The molecule has 1 saturated heterocycles. The molecule has 1 aliphatic heterocycles. The van der Waals surface area contributed by atoms with Gasteiger partial charge in [0, 0.05) is 6.54 Å². The van der Waals surface area contributed by atoms with E-state index in [2.05, 4.69) is 0 Å². The molecule has 0 aromatic heterocycles. The Morgan fingerprint density at radius 2 is 2.13 bits per heavy atom. The largest absolute Gasteiger partial charge is 0.423 e. The average molecular weight is 206 g/mol. The molecule has 2 rings (SSSR count). The zero-order valence-corrected chi connectivity index (χ0v) is 8.43. The topological polar surface area (TPSA) is 55.6 Å². The first-order valence-electron chi connectivity index (χ1n) is 5.06. The van der Waals surface area contributed by atoms with Crippen LogP contribution in [0.25, 0.3) is 0 Å². The molecule has 1 atom stereocenters. The number of primary amides is 1. The summed E-state index contributed by atoms with van der Waals surface area (Å²) < 4.78 is 0. The van der Waals surface area contributed by atoms with Crippen molar-refractivity contribution in [3.63, 3.8) is 0 Å². The number of nitrogens with two attached hydrogens (primary N) is 1. The van der Waals surface area contributed by atoms with Crippen LogP contribution in [0.3, 0.4) is 0 Å². The highest BCUT2D eigenvalue weighted by molar-refractivity contribution is 5.64. The standard InChI is InChI=1S/C11H14N2O2/c12-11(14)15-13-8-4-7-10(13)9-5-2-1-3-6-9/h1-3,5-6,10H,4,7-8H2,(H2,12,14). The van der Waals surface area contributed by atoms with Crippen molar-refractivity contribution in [2.24, 2.45) is 5.73 Å². The van der Waals surface area contributed by atoms with Crippen molar-refractivity contribution in [2.75, 3.05) is 6.54 Å². The third-order valence-electron chi connectivity index (χ3n) is 2.60. The summed E-state index contributed by atoms with van der Waals surface area (Å²) in [5.74, 6) is 0. The SMILES string of the molecule is NC(=O)ON1CCCC1c1ccccc1. The van der Waals surface area contributed by atoms with Crippen LogP contribution in [0.4, 0.5) is 4.79 Å². The van der Waals surface area contributed by atoms with Gasteiger partial charge in [-0.25, -0.2) is 4.79 Å². The maximum absolute atomic E-state index is 10.7. The van der Waals surface area contributed by atoms with E-state index in [-0.39, 0.29) is 6.04 Å². The molecular formula is C11H14N2O2. The van der Waals surface area contributed by atoms with E-state index < -0.39 is 6.09 Å². The quantitative estimate of drug-likeness (QED) is 0.803. The number of amides is 1. The Labute approximate surface area is 88.6 Å². The molecule has 15 heavy (non-hydrogen) atoms. The van der Waals surface area contributed by atoms with E-state index in [9.17, 15) is 4.79 Å². The molecule has 2 N–H and O–H groups in total. The molecule has 1 amide bonds. The molecule has 0 spiro atoms. The van der Waals surface area contributed by atoms with E-state index in [1.807, 2.05) is 30.3 Å². The molecule has 1 fully saturated rings. The lowest BCUT2D eigenvalue weighted by molar-refractivity contribution is -0.108. The van der Waals surface area contributed by atoms with Crippen molar-refractivity contribution in [1.29, 1.82) is 0 Å². The van der Waals surface area contributed by atoms with Gasteiger partial charge in [0.05, 0.1) is 6.04 Å². The first kappa shape index (κ1) is 9.98. The normalized spacial score (nSPS) is 21.5. The highest BCUT2D eigenvalue weighted by atomic mass is 16.7. The molecule has 80 valence electrons. The van der Waals surface area contributed by atoms with Gasteiger partial charge < -0.3 is 10.6 Å². The van der Waals surface area contributed by atoms with Crippen molar-refractivity contribution in [1.82, 2.24) is 5.06 Å². The second-order valence-corrected chi connectivity index (χ2v) is 3.62. The molecule has 1 unspecified atom stereocenters. The van der Waals surface area contributed by atoms with Gasteiger partial charge in [0.1, 0.15) is 0 Å². The highest BCUT2D eigenvalue weighted by Crippen LogP contribution is 2.31. The first-order chi connectivity index (χ1) is 7.27. The fourth-order valence-corrected chi connectivity index (χ4v) is 1.97. The Morgan fingerprint density at radius 1 is 1.40 bits per heavy atom. The van der Waals surface area contributed by atoms with E-state index >= 15 is 0 Å². The summed E-state index contributed by atoms with van der Waals surface area (Å²) in [5, 5.41) is 1.66. The van der Waals surface area contributed by atoms with Crippen molar-refractivity contribution in [2.45, 2.75) is 18.9 Å². The minimum Gasteiger partial charge on any atom is -0.351 e. The number of carbonyl (C=O) groups excluding carboxylic acids is 1. The second-order valence-electron chi connectivity index (χ2n) is 3.62. The van der Waals surface area contributed by atoms with Crippen molar-refractivity contribution in [3.05, 3.63) is 35.9 Å². The molecule has 4 heteroatoms. The van der Waals surface area contributed by atoms with Gasteiger partial charge in [-0.3, -0.25) is 0 Å². The summed E-state index contributed by atoms with van der Waals surface area (Å²) in [6.45, 7) is 0.752. The summed E-state index contributed by atoms with van der Waals surface area (Å²) in [6.07, 6.45) is 1.28. The lowest BCUT2D eigenvalue weighted by Gasteiger charge is -2.22. The van der Waals surface area contributed by atoms with Crippen LogP contribution in [0, 0.1) is 0 Å². The lowest BCUT2D eigenvalue weighted by atomic mass is 10.1. The molecule has 0 aliphatic carbocycles. The van der Waals surface area contributed by atoms with Gasteiger partial charge in [-0.05, 0) is 18.4 Å². The number of carbonyl (C=O) groups is 1. The molecule has 1 aromatic carbocycles. The van der Waals surface area contributed by atoms with Crippen molar-refractivity contribution >= 4 is 6.09 Å². The Kier molecular flexibility index (Phi) is 2.87. The Hall–Kier alpha value is -1.55. The van der Waals surface area contributed by atoms with Gasteiger partial charge in [-0.15, -0.1) is 5.06 Å². The fourth-order valence-electron chi connectivity index (χ4n) is 1.97. The third kappa shape index (κ3) is 2.27. The molecule has 1 aromatic rings. The predicted octanol–water partition coefficient (Wildman–Crippen LogP) is 1.83. The van der Waals surface area contributed by atoms with E-state index in [0.29, 0.717) is 0 Å². The second kappa shape index (κ2) is 4.31. The van der Waals surface area contributed by atoms with Crippen LogP contribution in [0.15, 0.2) is 30.3 Å². The third-order valence-corrected chi connectivity index (χ3v) is 2.60. The van der Waals surface area contributed by atoms with E-state index in [1.54, 1.807) is 5.06 Å². The zero-order valence-electron chi connectivity index (χ0n) is 8.43. The van der Waals surface area contributed by atoms with Crippen LogP contribution < -0.4 is 5.73 Å². The van der Waals surface area contributed by atoms with Crippen LogP contribution in [0.2, 0.25) is 0 Å². The van der Waals surface area contributed by atoms with Gasteiger partial charge >= 0.3 is 6.09 Å². The molecule has 1 heterocycles. The fraction of sp³-hybridized carbons (Fsp3) is 0.364. The summed E-state index contributed by atoms with van der Waals surface area (Å²) in [7, 11) is 0. The summed E-state index contributed by atoms with van der Waals surface area (Å²) >= 11 is 0. The van der Waals surface area contributed by atoms with Crippen molar-refractivity contribution in [3.8, 4) is 0 Å². The van der Waals surface area contributed by atoms with E-state index in [0.717, 1.165) is 24.9 Å². The van der Waals surface area contributed by atoms with Crippen LogP contribution in [-0.4, -0.2) is 17.7 Å². The van der Waals surface area contributed by atoms with Gasteiger partial charge in [-0.1, -0.05) is 30.3 Å². The van der Waals surface area contributed by atoms with Crippen LogP contribution in [-0.2, 0) is 4.84 Å². The molecule has 0 radical (unpaired) electrons. The van der Waals surface area contributed by atoms with E-state index in [4.69, 9.17) is 10.6 Å². The van der Waals surface area contributed by atoms with Gasteiger partial charge in [-0.2, -0.15) is 0 Å². The molecule has 1 aliphatic rings. The monoisotopic (exact) mass is 206 g/mol.